The van der Waals surface area contributed by atoms with Gasteiger partial charge in [0.2, 0.25) is 0 Å². The third-order valence-electron chi connectivity index (χ3n) is 5.26. The third kappa shape index (κ3) is 2.46. The molecule has 126 valence electrons. The SMILES string of the molecule is Cc1[nH]c2c(c1C(=O)N1CCC[C@@H](c3ccn[nH]3)C1)C(=O)CCC2. The second kappa shape index (κ2) is 5.92. The van der Waals surface area contributed by atoms with Gasteiger partial charge in [0.05, 0.1) is 11.1 Å². The Morgan fingerprint density at radius 3 is 3.00 bits per heavy atom. The van der Waals surface area contributed by atoms with Crippen molar-refractivity contribution in [3.05, 3.63) is 40.5 Å². The van der Waals surface area contributed by atoms with Crippen molar-refractivity contribution in [2.45, 2.75) is 44.9 Å². The van der Waals surface area contributed by atoms with Crippen LogP contribution in [0.5, 0.6) is 0 Å². The number of nitrogens with zero attached hydrogens (tertiary/aromatic N) is 2. The first-order valence-corrected chi connectivity index (χ1v) is 8.68. The van der Waals surface area contributed by atoms with Gasteiger partial charge in [-0.2, -0.15) is 5.10 Å². The second-order valence-electron chi connectivity index (χ2n) is 6.86. The minimum Gasteiger partial charge on any atom is -0.361 e. The fraction of sp³-hybridized carbons (Fsp3) is 0.500. The number of hydrogen-bond donors (Lipinski definition) is 2. The van der Waals surface area contributed by atoms with Crippen molar-refractivity contribution < 1.29 is 9.59 Å². The van der Waals surface area contributed by atoms with E-state index in [1.54, 1.807) is 6.20 Å². The molecule has 0 bridgehead atoms. The number of amides is 1. The number of carbonyl (C=O) groups excluding carboxylic acids is 2. The maximum Gasteiger partial charge on any atom is 0.256 e. The molecular formula is C18H22N4O2. The number of fused-ring (bicyclic) bond motifs is 1. The van der Waals surface area contributed by atoms with Crippen LogP contribution in [0.25, 0.3) is 0 Å². The molecule has 6 heteroatoms. The number of hydrogen-bond acceptors (Lipinski definition) is 3. The van der Waals surface area contributed by atoms with Gasteiger partial charge in [-0.3, -0.25) is 14.7 Å². The predicted octanol–water partition coefficient (Wildman–Crippen LogP) is 2.59. The molecule has 1 saturated heterocycles. The van der Waals surface area contributed by atoms with Gasteiger partial charge in [-0.05, 0) is 38.7 Å². The molecule has 0 unspecified atom stereocenters. The molecular weight excluding hydrogens is 304 g/mol. The molecule has 4 rings (SSSR count). The largest absolute Gasteiger partial charge is 0.361 e. The molecule has 0 radical (unpaired) electrons. The van der Waals surface area contributed by atoms with Gasteiger partial charge in [0, 0.05) is 48.7 Å². The zero-order chi connectivity index (χ0) is 16.7. The Kier molecular flexibility index (Phi) is 3.75. The average Bonchev–Trinajstić information content (AvgIpc) is 3.22. The summed E-state index contributed by atoms with van der Waals surface area (Å²) in [4.78, 5) is 30.7. The average molecular weight is 326 g/mol. The van der Waals surface area contributed by atoms with Crippen molar-refractivity contribution in [1.29, 1.82) is 0 Å². The Bertz CT molecular complexity index is 775. The lowest BCUT2D eigenvalue weighted by Gasteiger charge is -2.32. The Morgan fingerprint density at radius 1 is 1.33 bits per heavy atom. The van der Waals surface area contributed by atoms with Gasteiger partial charge in [-0.15, -0.1) is 0 Å². The molecule has 2 aromatic heterocycles. The van der Waals surface area contributed by atoms with Gasteiger partial charge >= 0.3 is 0 Å². The highest BCUT2D eigenvalue weighted by atomic mass is 16.2. The summed E-state index contributed by atoms with van der Waals surface area (Å²) >= 11 is 0. The fourth-order valence-electron chi connectivity index (χ4n) is 4.07. The Balaban J connectivity index is 1.62. The third-order valence-corrected chi connectivity index (χ3v) is 5.26. The molecule has 1 fully saturated rings. The smallest absolute Gasteiger partial charge is 0.256 e. The van der Waals surface area contributed by atoms with E-state index in [9.17, 15) is 9.59 Å². The van der Waals surface area contributed by atoms with Crippen molar-refractivity contribution in [3.63, 3.8) is 0 Å². The second-order valence-corrected chi connectivity index (χ2v) is 6.86. The summed E-state index contributed by atoms with van der Waals surface area (Å²) in [6, 6.07) is 1.98. The number of rotatable bonds is 2. The van der Waals surface area contributed by atoms with Crippen LogP contribution in [0.3, 0.4) is 0 Å². The Labute approximate surface area is 140 Å². The highest BCUT2D eigenvalue weighted by Gasteiger charge is 2.33. The summed E-state index contributed by atoms with van der Waals surface area (Å²) in [5.41, 5.74) is 4.09. The normalized spacial score (nSPS) is 21.0. The van der Waals surface area contributed by atoms with E-state index in [-0.39, 0.29) is 17.6 Å². The van der Waals surface area contributed by atoms with E-state index in [0.717, 1.165) is 49.3 Å². The van der Waals surface area contributed by atoms with Crippen LogP contribution >= 0.6 is 0 Å². The summed E-state index contributed by atoms with van der Waals surface area (Å²) in [6.07, 6.45) is 6.03. The van der Waals surface area contributed by atoms with E-state index >= 15 is 0 Å². The molecule has 0 saturated carbocycles. The number of aryl methyl sites for hydroxylation is 2. The van der Waals surface area contributed by atoms with Crippen molar-refractivity contribution in [2.75, 3.05) is 13.1 Å². The number of likely N-dealkylation sites (tertiary alicyclic amines) is 1. The molecule has 3 heterocycles. The molecule has 2 aliphatic rings. The molecule has 2 N–H and O–H groups in total. The van der Waals surface area contributed by atoms with Crippen LogP contribution in [-0.2, 0) is 6.42 Å². The standard InChI is InChI=1S/C18H22N4O2/c1-11-16(17-14(20-11)5-2-6-15(17)23)18(24)22-9-3-4-12(10-22)13-7-8-19-21-13/h7-8,12,20H,2-6,9-10H2,1H3,(H,19,21)/t12-/m1/s1. The van der Waals surface area contributed by atoms with Gasteiger partial charge in [0.1, 0.15) is 0 Å². The molecule has 1 atom stereocenters. The quantitative estimate of drug-likeness (QED) is 0.890. The first kappa shape index (κ1) is 15.2. The summed E-state index contributed by atoms with van der Waals surface area (Å²) in [6.45, 7) is 3.32. The summed E-state index contributed by atoms with van der Waals surface area (Å²) in [5.74, 6) is 0.381. The monoisotopic (exact) mass is 326 g/mol. The minimum absolute atomic E-state index is 0.00975. The van der Waals surface area contributed by atoms with E-state index in [0.29, 0.717) is 24.1 Å². The number of Topliss-reactive ketones (excluding diaryl/α,β-unsaturated/α-hetero) is 1. The lowest BCUT2D eigenvalue weighted by molar-refractivity contribution is 0.0700. The minimum atomic E-state index is -0.00975. The molecule has 1 amide bonds. The van der Waals surface area contributed by atoms with Gasteiger partial charge in [-0.1, -0.05) is 0 Å². The number of aromatic nitrogens is 3. The number of carbonyl (C=O) groups is 2. The topological polar surface area (TPSA) is 81.8 Å². The number of nitrogens with one attached hydrogen (secondary N) is 2. The zero-order valence-corrected chi connectivity index (χ0v) is 13.9. The van der Waals surface area contributed by atoms with Crippen LogP contribution in [0.2, 0.25) is 0 Å². The lowest BCUT2D eigenvalue weighted by atomic mass is 9.91. The summed E-state index contributed by atoms with van der Waals surface area (Å²) in [5, 5.41) is 7.04. The highest BCUT2D eigenvalue weighted by molar-refractivity contribution is 6.10. The zero-order valence-electron chi connectivity index (χ0n) is 13.9. The highest BCUT2D eigenvalue weighted by Crippen LogP contribution is 2.31. The van der Waals surface area contributed by atoms with Gasteiger partial charge in [-0.25, -0.2) is 0 Å². The van der Waals surface area contributed by atoms with Crippen molar-refractivity contribution >= 4 is 11.7 Å². The molecule has 24 heavy (non-hydrogen) atoms. The van der Waals surface area contributed by atoms with Crippen molar-refractivity contribution in [2.24, 2.45) is 0 Å². The molecule has 6 nitrogen and oxygen atoms in total. The summed E-state index contributed by atoms with van der Waals surface area (Å²) < 4.78 is 0. The van der Waals surface area contributed by atoms with E-state index in [4.69, 9.17) is 0 Å². The number of H-pyrrole nitrogens is 2. The van der Waals surface area contributed by atoms with Crippen LogP contribution in [0.1, 0.15) is 69.4 Å². The van der Waals surface area contributed by atoms with Gasteiger partial charge < -0.3 is 9.88 Å². The fourth-order valence-corrected chi connectivity index (χ4v) is 4.07. The lowest BCUT2D eigenvalue weighted by Crippen LogP contribution is -2.40. The van der Waals surface area contributed by atoms with Gasteiger partial charge in [0.25, 0.3) is 5.91 Å². The number of ketones is 1. The maximum atomic E-state index is 13.1. The van der Waals surface area contributed by atoms with Gasteiger partial charge in [0.15, 0.2) is 5.78 Å². The number of aromatic amines is 2. The molecule has 2 aromatic rings. The van der Waals surface area contributed by atoms with Crippen LogP contribution in [0, 0.1) is 6.92 Å². The molecule has 0 spiro atoms. The van der Waals surface area contributed by atoms with Crippen molar-refractivity contribution in [1.82, 2.24) is 20.1 Å². The van der Waals surface area contributed by atoms with E-state index in [1.807, 2.05) is 17.9 Å². The Morgan fingerprint density at radius 2 is 2.21 bits per heavy atom. The first-order valence-electron chi connectivity index (χ1n) is 8.68. The van der Waals surface area contributed by atoms with E-state index in [1.165, 1.54) is 0 Å². The van der Waals surface area contributed by atoms with Crippen LogP contribution in [0.4, 0.5) is 0 Å². The van der Waals surface area contributed by atoms with Crippen LogP contribution < -0.4 is 0 Å². The molecule has 1 aliphatic carbocycles. The first-order chi connectivity index (χ1) is 11.6. The van der Waals surface area contributed by atoms with E-state index in [2.05, 4.69) is 15.2 Å². The van der Waals surface area contributed by atoms with E-state index < -0.39 is 0 Å². The molecule has 0 aromatic carbocycles. The van der Waals surface area contributed by atoms with Crippen LogP contribution in [0.15, 0.2) is 12.3 Å². The Hall–Kier alpha value is -2.37. The number of piperidine rings is 1. The van der Waals surface area contributed by atoms with Crippen molar-refractivity contribution in [3.8, 4) is 0 Å². The van der Waals surface area contributed by atoms with Crippen LogP contribution in [-0.4, -0.2) is 44.9 Å². The predicted molar refractivity (Wildman–Crippen MR) is 89.3 cm³/mol. The summed E-state index contributed by atoms with van der Waals surface area (Å²) in [7, 11) is 0. The maximum absolute atomic E-state index is 13.1. The molecule has 1 aliphatic heterocycles.